The number of carbonyl (C=O) groups is 2. The van der Waals surface area contributed by atoms with E-state index in [1.807, 2.05) is 25.1 Å². The molecule has 4 rings (SSSR count). The molecule has 4 nitrogen and oxygen atoms in total. The van der Waals surface area contributed by atoms with Crippen LogP contribution in [0.5, 0.6) is 0 Å². The maximum absolute atomic E-state index is 13.2. The molecular formula is C22H24INO3. The molecule has 3 aliphatic rings. The van der Waals surface area contributed by atoms with E-state index in [1.54, 1.807) is 0 Å². The molecule has 0 aromatic heterocycles. The number of halogens is 1. The number of esters is 1. The second-order valence-corrected chi connectivity index (χ2v) is 8.88. The van der Waals surface area contributed by atoms with Crippen LogP contribution in [0, 0.1) is 3.57 Å². The molecule has 0 spiro atoms. The van der Waals surface area contributed by atoms with Gasteiger partial charge in [0.25, 0.3) is 0 Å². The number of ketones is 1. The molecule has 1 heterocycles. The molecule has 1 saturated carbocycles. The monoisotopic (exact) mass is 477 g/mol. The Hall–Kier alpha value is -1.63. The minimum Gasteiger partial charge on any atom is -0.459 e. The Morgan fingerprint density at radius 2 is 1.96 bits per heavy atom. The van der Waals surface area contributed by atoms with Crippen molar-refractivity contribution in [3.05, 3.63) is 55.9 Å². The highest BCUT2D eigenvalue weighted by atomic mass is 127. The van der Waals surface area contributed by atoms with Crippen molar-refractivity contribution in [2.24, 2.45) is 0 Å². The van der Waals surface area contributed by atoms with Gasteiger partial charge in [0, 0.05) is 32.9 Å². The molecule has 5 heteroatoms. The minimum absolute atomic E-state index is 0.00629. The first kappa shape index (κ1) is 18.7. The van der Waals surface area contributed by atoms with Crippen molar-refractivity contribution in [3.8, 4) is 0 Å². The fourth-order valence-electron chi connectivity index (χ4n) is 4.49. The summed E-state index contributed by atoms with van der Waals surface area (Å²) in [5.74, 6) is -0.468. The number of dihydropyridines is 1. The zero-order chi connectivity index (χ0) is 19.0. The smallest absolute Gasteiger partial charge is 0.337 e. The number of carbonyl (C=O) groups excluding carboxylic acids is 2. The molecule has 2 aliphatic carbocycles. The fourth-order valence-corrected chi connectivity index (χ4v) is 5.06. The molecular weight excluding hydrogens is 453 g/mol. The van der Waals surface area contributed by atoms with E-state index in [-0.39, 0.29) is 23.8 Å². The van der Waals surface area contributed by atoms with E-state index in [0.717, 1.165) is 64.6 Å². The summed E-state index contributed by atoms with van der Waals surface area (Å²) in [6, 6.07) is 8.10. The Morgan fingerprint density at radius 3 is 2.70 bits per heavy atom. The second kappa shape index (κ2) is 7.78. The summed E-state index contributed by atoms with van der Waals surface area (Å²) in [5.41, 5.74) is 4.13. The van der Waals surface area contributed by atoms with Gasteiger partial charge in [-0.3, -0.25) is 4.79 Å². The highest BCUT2D eigenvalue weighted by Gasteiger charge is 2.39. The third kappa shape index (κ3) is 3.71. The average molecular weight is 477 g/mol. The van der Waals surface area contributed by atoms with Crippen molar-refractivity contribution in [2.75, 3.05) is 0 Å². The van der Waals surface area contributed by atoms with E-state index in [4.69, 9.17) is 4.74 Å². The van der Waals surface area contributed by atoms with Crippen LogP contribution in [0.4, 0.5) is 0 Å². The highest BCUT2D eigenvalue weighted by Crippen LogP contribution is 2.43. The Labute approximate surface area is 173 Å². The summed E-state index contributed by atoms with van der Waals surface area (Å²) in [5, 5.41) is 3.35. The van der Waals surface area contributed by atoms with Gasteiger partial charge in [0.15, 0.2) is 5.78 Å². The van der Waals surface area contributed by atoms with Crippen LogP contribution >= 0.6 is 22.6 Å². The van der Waals surface area contributed by atoms with E-state index < -0.39 is 0 Å². The number of nitrogens with one attached hydrogen (secondary N) is 1. The molecule has 1 aromatic carbocycles. The van der Waals surface area contributed by atoms with Gasteiger partial charge in [-0.25, -0.2) is 4.79 Å². The topological polar surface area (TPSA) is 55.4 Å². The number of hydrogen-bond donors (Lipinski definition) is 1. The van der Waals surface area contributed by atoms with Crippen molar-refractivity contribution in [1.82, 2.24) is 5.32 Å². The fraction of sp³-hybridized carbons (Fsp3) is 0.455. The number of rotatable bonds is 3. The summed E-state index contributed by atoms with van der Waals surface area (Å²) in [6.07, 6.45) is 6.36. The second-order valence-electron chi connectivity index (χ2n) is 7.63. The maximum Gasteiger partial charge on any atom is 0.337 e. The largest absolute Gasteiger partial charge is 0.459 e. The Bertz CT molecular complexity index is 849. The summed E-state index contributed by atoms with van der Waals surface area (Å²) in [4.78, 5) is 26.0. The molecule has 0 amide bonds. The standard InChI is InChI=1S/C22H24INO3/c1-13-19(22(26)27-16-8-2-3-9-16)20(14-6-4-7-15(23)12-14)21-17(24-13)10-5-11-18(21)25/h4,6-7,12,16,20,24H,2-3,5,8-11H2,1H3/t20-/m1/s1. The van der Waals surface area contributed by atoms with Gasteiger partial charge in [-0.05, 0) is 85.7 Å². The third-order valence-corrected chi connectivity index (χ3v) is 6.42. The van der Waals surface area contributed by atoms with Gasteiger partial charge in [-0.1, -0.05) is 12.1 Å². The van der Waals surface area contributed by atoms with Gasteiger partial charge in [0.1, 0.15) is 6.10 Å². The minimum atomic E-state index is -0.335. The number of hydrogen-bond acceptors (Lipinski definition) is 4. The lowest BCUT2D eigenvalue weighted by Crippen LogP contribution is -2.35. The summed E-state index contributed by atoms with van der Waals surface area (Å²) < 4.78 is 6.94. The zero-order valence-electron chi connectivity index (χ0n) is 15.5. The maximum atomic E-state index is 13.2. The summed E-state index contributed by atoms with van der Waals surface area (Å²) >= 11 is 2.28. The molecule has 1 N–H and O–H groups in total. The predicted octanol–water partition coefficient (Wildman–Crippen LogP) is 4.74. The van der Waals surface area contributed by atoms with Gasteiger partial charge in [0.2, 0.25) is 0 Å². The molecule has 27 heavy (non-hydrogen) atoms. The van der Waals surface area contributed by atoms with Crippen molar-refractivity contribution < 1.29 is 14.3 Å². The molecule has 1 fully saturated rings. The number of allylic oxidation sites excluding steroid dienone is 3. The van der Waals surface area contributed by atoms with Crippen LogP contribution in [-0.2, 0) is 14.3 Å². The van der Waals surface area contributed by atoms with Gasteiger partial charge >= 0.3 is 5.97 Å². The lowest BCUT2D eigenvalue weighted by molar-refractivity contribution is -0.144. The quantitative estimate of drug-likeness (QED) is 0.505. The normalized spacial score (nSPS) is 23.3. The molecule has 0 saturated heterocycles. The van der Waals surface area contributed by atoms with E-state index in [0.29, 0.717) is 12.0 Å². The summed E-state index contributed by atoms with van der Waals surface area (Å²) in [6.45, 7) is 1.93. The molecule has 0 bridgehead atoms. The first-order chi connectivity index (χ1) is 13.0. The van der Waals surface area contributed by atoms with Crippen molar-refractivity contribution in [3.63, 3.8) is 0 Å². The SMILES string of the molecule is CC1=C(C(=O)OC2CCCC2)[C@@H](c2cccc(I)c2)C2=C(CCCC2=O)N1. The molecule has 1 atom stereocenters. The van der Waals surface area contributed by atoms with Gasteiger partial charge in [0.05, 0.1) is 5.57 Å². The lowest BCUT2D eigenvalue weighted by Gasteiger charge is -2.34. The average Bonchev–Trinajstić information content (AvgIpc) is 3.13. The predicted molar refractivity (Wildman–Crippen MR) is 112 cm³/mol. The van der Waals surface area contributed by atoms with Crippen LogP contribution in [0.25, 0.3) is 0 Å². The Balaban J connectivity index is 1.77. The molecule has 0 radical (unpaired) electrons. The van der Waals surface area contributed by atoms with Gasteiger partial charge in [-0.2, -0.15) is 0 Å². The van der Waals surface area contributed by atoms with Crippen LogP contribution < -0.4 is 5.32 Å². The van der Waals surface area contributed by atoms with Crippen molar-refractivity contribution >= 4 is 34.3 Å². The first-order valence-electron chi connectivity index (χ1n) is 9.75. The van der Waals surface area contributed by atoms with E-state index >= 15 is 0 Å². The number of benzene rings is 1. The van der Waals surface area contributed by atoms with Crippen molar-refractivity contribution in [1.29, 1.82) is 0 Å². The van der Waals surface area contributed by atoms with E-state index in [2.05, 4.69) is 34.0 Å². The molecule has 142 valence electrons. The molecule has 1 aliphatic heterocycles. The number of ether oxygens (including phenoxy) is 1. The van der Waals surface area contributed by atoms with Crippen LogP contribution in [0.15, 0.2) is 46.8 Å². The van der Waals surface area contributed by atoms with Crippen LogP contribution in [-0.4, -0.2) is 17.9 Å². The van der Waals surface area contributed by atoms with Crippen LogP contribution in [0.2, 0.25) is 0 Å². The third-order valence-electron chi connectivity index (χ3n) is 5.75. The lowest BCUT2D eigenvalue weighted by atomic mass is 9.75. The van der Waals surface area contributed by atoms with Crippen LogP contribution in [0.1, 0.15) is 63.4 Å². The Morgan fingerprint density at radius 1 is 1.19 bits per heavy atom. The molecule has 1 aromatic rings. The van der Waals surface area contributed by atoms with Gasteiger partial charge in [-0.15, -0.1) is 0 Å². The Kier molecular flexibility index (Phi) is 5.39. The number of Topliss-reactive ketones (excluding diaryl/α,β-unsaturated/α-hetero) is 1. The summed E-state index contributed by atoms with van der Waals surface area (Å²) in [7, 11) is 0. The zero-order valence-corrected chi connectivity index (χ0v) is 17.7. The molecule has 0 unspecified atom stereocenters. The van der Waals surface area contributed by atoms with Gasteiger partial charge < -0.3 is 10.1 Å². The van der Waals surface area contributed by atoms with E-state index in [1.165, 1.54) is 0 Å². The van der Waals surface area contributed by atoms with Crippen LogP contribution in [0.3, 0.4) is 0 Å². The highest BCUT2D eigenvalue weighted by molar-refractivity contribution is 14.1. The first-order valence-corrected chi connectivity index (χ1v) is 10.8. The van der Waals surface area contributed by atoms with E-state index in [9.17, 15) is 9.59 Å². The van der Waals surface area contributed by atoms with Crippen molar-refractivity contribution in [2.45, 2.75) is 63.9 Å².